The summed E-state index contributed by atoms with van der Waals surface area (Å²) in [7, 11) is 2.21. The van der Waals surface area contributed by atoms with E-state index in [1.165, 1.54) is 11.3 Å². The summed E-state index contributed by atoms with van der Waals surface area (Å²) in [6.07, 6.45) is 2.03. The highest BCUT2D eigenvalue weighted by Crippen LogP contribution is 2.23. The first kappa shape index (κ1) is 15.3. The van der Waals surface area contributed by atoms with Crippen molar-refractivity contribution in [2.45, 2.75) is 46.3 Å². The maximum Gasteiger partial charge on any atom is 0.0446 e. The number of anilines is 1. The van der Waals surface area contributed by atoms with Gasteiger partial charge in [-0.25, -0.2) is 0 Å². The number of nitrogens with one attached hydrogen (secondary N) is 1. The lowest BCUT2D eigenvalue weighted by Crippen LogP contribution is -2.50. The van der Waals surface area contributed by atoms with Gasteiger partial charge < -0.3 is 15.1 Å². The van der Waals surface area contributed by atoms with Gasteiger partial charge in [0.05, 0.1) is 0 Å². The Kier molecular flexibility index (Phi) is 5.00. The summed E-state index contributed by atoms with van der Waals surface area (Å²) < 4.78 is 0. The SMILES string of the molecule is Cc1cc(N2CCN(C)C(C)C2)c(CNC(C)C)cn1. The van der Waals surface area contributed by atoms with Gasteiger partial charge in [0, 0.05) is 61.4 Å². The molecule has 1 aromatic heterocycles. The molecule has 0 radical (unpaired) electrons. The molecule has 20 heavy (non-hydrogen) atoms. The van der Waals surface area contributed by atoms with Crippen molar-refractivity contribution in [3.8, 4) is 0 Å². The van der Waals surface area contributed by atoms with Crippen LogP contribution in [0.3, 0.4) is 0 Å². The molecule has 1 aliphatic heterocycles. The molecule has 1 aromatic rings. The molecule has 0 spiro atoms. The largest absolute Gasteiger partial charge is 0.368 e. The minimum atomic E-state index is 0.496. The Morgan fingerprint density at radius 3 is 2.80 bits per heavy atom. The molecule has 1 atom stereocenters. The van der Waals surface area contributed by atoms with Gasteiger partial charge in [-0.1, -0.05) is 13.8 Å². The van der Waals surface area contributed by atoms with Crippen LogP contribution >= 0.6 is 0 Å². The maximum absolute atomic E-state index is 4.47. The topological polar surface area (TPSA) is 31.4 Å². The van der Waals surface area contributed by atoms with Gasteiger partial charge in [-0.3, -0.25) is 4.98 Å². The first-order valence-electron chi connectivity index (χ1n) is 7.61. The van der Waals surface area contributed by atoms with E-state index in [0.717, 1.165) is 31.9 Å². The number of likely N-dealkylation sites (N-methyl/N-ethyl adjacent to an activating group) is 1. The number of pyridine rings is 1. The standard InChI is InChI=1S/C16H28N4/c1-12(2)17-9-15-10-18-13(3)8-16(15)20-7-6-19(5)14(4)11-20/h8,10,12,14,17H,6-7,9,11H2,1-5H3. The number of hydrogen-bond acceptors (Lipinski definition) is 4. The number of aryl methyl sites for hydroxylation is 1. The molecule has 0 aliphatic carbocycles. The predicted molar refractivity (Wildman–Crippen MR) is 85.3 cm³/mol. The molecule has 0 bridgehead atoms. The quantitative estimate of drug-likeness (QED) is 0.912. The van der Waals surface area contributed by atoms with Crippen molar-refractivity contribution in [1.82, 2.24) is 15.2 Å². The Morgan fingerprint density at radius 1 is 1.40 bits per heavy atom. The molecule has 1 aliphatic rings. The molecule has 4 nitrogen and oxygen atoms in total. The molecule has 1 N–H and O–H groups in total. The summed E-state index contributed by atoms with van der Waals surface area (Å²) in [5, 5.41) is 3.50. The highest BCUT2D eigenvalue weighted by atomic mass is 15.3. The lowest BCUT2D eigenvalue weighted by atomic mass is 10.1. The fourth-order valence-corrected chi connectivity index (χ4v) is 2.59. The van der Waals surface area contributed by atoms with Crippen LogP contribution < -0.4 is 10.2 Å². The summed E-state index contributed by atoms with van der Waals surface area (Å²) in [6.45, 7) is 12.9. The summed E-state index contributed by atoms with van der Waals surface area (Å²) in [6, 6.07) is 3.33. The first-order valence-corrected chi connectivity index (χ1v) is 7.61. The third kappa shape index (κ3) is 3.70. The number of hydrogen-bond donors (Lipinski definition) is 1. The summed E-state index contributed by atoms with van der Waals surface area (Å²) in [5.41, 5.74) is 3.76. The fraction of sp³-hybridized carbons (Fsp3) is 0.688. The van der Waals surface area contributed by atoms with E-state index in [1.807, 2.05) is 6.20 Å². The van der Waals surface area contributed by atoms with Crippen LogP contribution in [0.5, 0.6) is 0 Å². The first-order chi connectivity index (χ1) is 9.47. The third-order valence-corrected chi connectivity index (χ3v) is 4.10. The summed E-state index contributed by atoms with van der Waals surface area (Å²) >= 11 is 0. The highest BCUT2D eigenvalue weighted by Gasteiger charge is 2.22. The molecule has 112 valence electrons. The lowest BCUT2D eigenvalue weighted by molar-refractivity contribution is 0.234. The number of rotatable bonds is 4. The van der Waals surface area contributed by atoms with E-state index in [9.17, 15) is 0 Å². The summed E-state index contributed by atoms with van der Waals surface area (Å²) in [5.74, 6) is 0. The zero-order valence-corrected chi connectivity index (χ0v) is 13.5. The Morgan fingerprint density at radius 2 is 2.15 bits per heavy atom. The Labute approximate surface area is 123 Å². The molecule has 2 rings (SSSR count). The van der Waals surface area contributed by atoms with Crippen molar-refractivity contribution < 1.29 is 0 Å². The van der Waals surface area contributed by atoms with Crippen molar-refractivity contribution in [1.29, 1.82) is 0 Å². The van der Waals surface area contributed by atoms with Crippen LogP contribution in [0.15, 0.2) is 12.3 Å². The molecular weight excluding hydrogens is 248 g/mol. The Hall–Kier alpha value is -1.13. The van der Waals surface area contributed by atoms with Gasteiger partial charge >= 0.3 is 0 Å². The lowest BCUT2D eigenvalue weighted by Gasteiger charge is -2.39. The molecule has 1 fully saturated rings. The van der Waals surface area contributed by atoms with Crippen molar-refractivity contribution in [3.05, 3.63) is 23.5 Å². The van der Waals surface area contributed by atoms with Gasteiger partial charge in [-0.15, -0.1) is 0 Å². The molecule has 1 saturated heterocycles. The van der Waals surface area contributed by atoms with E-state index < -0.39 is 0 Å². The van der Waals surface area contributed by atoms with Crippen LogP contribution in [0.2, 0.25) is 0 Å². The van der Waals surface area contributed by atoms with Gasteiger partial charge in [-0.05, 0) is 27.0 Å². The fourth-order valence-electron chi connectivity index (χ4n) is 2.59. The normalized spacial score (nSPS) is 20.7. The molecule has 4 heteroatoms. The summed E-state index contributed by atoms with van der Waals surface area (Å²) in [4.78, 5) is 9.41. The van der Waals surface area contributed by atoms with E-state index >= 15 is 0 Å². The molecule has 0 amide bonds. The second-order valence-electron chi connectivity index (χ2n) is 6.27. The predicted octanol–water partition coefficient (Wildman–Crippen LogP) is 2.03. The van der Waals surface area contributed by atoms with Crippen LogP contribution in [0, 0.1) is 6.92 Å². The Bertz CT molecular complexity index is 444. The zero-order valence-electron chi connectivity index (χ0n) is 13.5. The van der Waals surface area contributed by atoms with Gasteiger partial charge in [0.15, 0.2) is 0 Å². The van der Waals surface area contributed by atoms with Gasteiger partial charge in [-0.2, -0.15) is 0 Å². The van der Waals surface area contributed by atoms with Gasteiger partial charge in [0.2, 0.25) is 0 Å². The number of aromatic nitrogens is 1. The Balaban J connectivity index is 2.18. The highest BCUT2D eigenvalue weighted by molar-refractivity contribution is 5.54. The van der Waals surface area contributed by atoms with Crippen molar-refractivity contribution in [2.24, 2.45) is 0 Å². The van der Waals surface area contributed by atoms with Crippen LogP contribution in [-0.4, -0.2) is 48.6 Å². The second-order valence-corrected chi connectivity index (χ2v) is 6.27. The molecule has 0 aromatic carbocycles. The van der Waals surface area contributed by atoms with Crippen LogP contribution in [0.4, 0.5) is 5.69 Å². The molecule has 0 saturated carbocycles. The van der Waals surface area contributed by atoms with E-state index in [0.29, 0.717) is 12.1 Å². The second kappa shape index (κ2) is 6.55. The van der Waals surface area contributed by atoms with Crippen molar-refractivity contribution in [3.63, 3.8) is 0 Å². The van der Waals surface area contributed by atoms with Crippen molar-refractivity contribution in [2.75, 3.05) is 31.6 Å². The van der Waals surface area contributed by atoms with Crippen molar-refractivity contribution >= 4 is 5.69 Å². The number of piperazine rings is 1. The van der Waals surface area contributed by atoms with E-state index in [1.54, 1.807) is 0 Å². The minimum absolute atomic E-state index is 0.496. The van der Waals surface area contributed by atoms with E-state index in [-0.39, 0.29) is 0 Å². The molecular formula is C16H28N4. The van der Waals surface area contributed by atoms with Gasteiger partial charge in [0.1, 0.15) is 0 Å². The molecule has 2 heterocycles. The zero-order chi connectivity index (χ0) is 14.7. The van der Waals surface area contributed by atoms with Crippen LogP contribution in [-0.2, 0) is 6.54 Å². The molecule has 1 unspecified atom stereocenters. The van der Waals surface area contributed by atoms with E-state index in [4.69, 9.17) is 0 Å². The van der Waals surface area contributed by atoms with Crippen LogP contribution in [0.1, 0.15) is 32.0 Å². The average molecular weight is 276 g/mol. The van der Waals surface area contributed by atoms with Crippen LogP contribution in [0.25, 0.3) is 0 Å². The average Bonchev–Trinajstić information content (AvgIpc) is 2.40. The monoisotopic (exact) mass is 276 g/mol. The van der Waals surface area contributed by atoms with Gasteiger partial charge in [0.25, 0.3) is 0 Å². The third-order valence-electron chi connectivity index (χ3n) is 4.10. The number of nitrogens with zero attached hydrogens (tertiary/aromatic N) is 3. The smallest absolute Gasteiger partial charge is 0.0446 e. The maximum atomic E-state index is 4.47. The van der Waals surface area contributed by atoms with E-state index in [2.05, 4.69) is 60.9 Å². The minimum Gasteiger partial charge on any atom is -0.368 e.